The van der Waals surface area contributed by atoms with Crippen molar-refractivity contribution in [2.24, 2.45) is 0 Å². The minimum absolute atomic E-state index is 0.0171. The molecule has 202 valence electrons. The van der Waals surface area contributed by atoms with Gasteiger partial charge in [-0.15, -0.1) is 0 Å². The number of anilines is 1. The van der Waals surface area contributed by atoms with Crippen LogP contribution in [0.3, 0.4) is 0 Å². The van der Waals surface area contributed by atoms with Gasteiger partial charge in [0.2, 0.25) is 5.28 Å². The van der Waals surface area contributed by atoms with Crippen molar-refractivity contribution in [2.75, 3.05) is 24.4 Å². The van der Waals surface area contributed by atoms with Crippen molar-refractivity contribution in [3.05, 3.63) is 11.6 Å². The first-order chi connectivity index (χ1) is 16.8. The fraction of sp³-hybridized carbons (Fsp3) is 0.647. The predicted octanol–water partition coefficient (Wildman–Crippen LogP) is 1.17. The monoisotopic (exact) mass is 573 g/mol. The second-order valence-electron chi connectivity index (χ2n) is 7.92. The van der Waals surface area contributed by atoms with E-state index in [-0.39, 0.29) is 28.9 Å². The number of aliphatic hydroxyl groups excluding tert-OH is 2. The first-order valence-corrected chi connectivity index (χ1v) is 14.6. The molecule has 0 aromatic carbocycles. The van der Waals surface area contributed by atoms with Crippen molar-refractivity contribution in [3.63, 3.8) is 0 Å². The normalized spacial score (nSPS) is 24.1. The van der Waals surface area contributed by atoms with Crippen LogP contribution in [0.25, 0.3) is 11.2 Å². The predicted molar refractivity (Wildman–Crippen MR) is 123 cm³/mol. The van der Waals surface area contributed by atoms with E-state index in [0.717, 1.165) is 12.8 Å². The van der Waals surface area contributed by atoms with E-state index in [1.54, 1.807) is 0 Å². The van der Waals surface area contributed by atoms with Gasteiger partial charge in [-0.25, -0.2) is 9.78 Å². The minimum atomic E-state index is -4.85. The van der Waals surface area contributed by atoms with E-state index in [9.17, 15) is 29.0 Å². The molecule has 5 atom stereocenters. The van der Waals surface area contributed by atoms with E-state index < -0.39 is 58.3 Å². The zero-order valence-corrected chi connectivity index (χ0v) is 21.4. The molecule has 16 nitrogen and oxygen atoms in total. The third kappa shape index (κ3) is 7.42. The summed E-state index contributed by atoms with van der Waals surface area (Å²) in [7, 11) is -9.57. The van der Waals surface area contributed by atoms with Crippen LogP contribution in [0, 0.1) is 0 Å². The van der Waals surface area contributed by atoms with Crippen LogP contribution >= 0.6 is 26.8 Å². The highest BCUT2D eigenvalue weighted by Gasteiger charge is 2.45. The number of ether oxygens (including phenoxy) is 2. The molecule has 6 N–H and O–H groups in total. The molecule has 0 spiro atoms. The molecule has 1 amide bonds. The number of aliphatic hydroxyl groups is 2. The fourth-order valence-electron chi connectivity index (χ4n) is 3.37. The third-order valence-electron chi connectivity index (χ3n) is 5.01. The van der Waals surface area contributed by atoms with E-state index in [1.165, 1.54) is 10.9 Å². The van der Waals surface area contributed by atoms with Crippen molar-refractivity contribution in [3.8, 4) is 0 Å². The first-order valence-electron chi connectivity index (χ1n) is 10.7. The Morgan fingerprint density at radius 2 is 1.94 bits per heavy atom. The van der Waals surface area contributed by atoms with E-state index in [4.69, 9.17) is 30.9 Å². The number of aromatic nitrogens is 4. The van der Waals surface area contributed by atoms with Crippen LogP contribution in [0.5, 0.6) is 0 Å². The summed E-state index contributed by atoms with van der Waals surface area (Å²) in [6.07, 6.45) is -2.96. The number of nitrogens with one attached hydrogen (secondary N) is 1. The molecule has 3 unspecified atom stereocenters. The summed E-state index contributed by atoms with van der Waals surface area (Å²) in [5.74, 6) is -1.50. The average Bonchev–Trinajstić information content (AvgIpc) is 3.29. The molecule has 1 saturated heterocycles. The van der Waals surface area contributed by atoms with Crippen LogP contribution in [0.2, 0.25) is 5.28 Å². The summed E-state index contributed by atoms with van der Waals surface area (Å²) in [5, 5.41) is 23.0. The number of carbonyl (C=O) groups is 1. The molecular weight excluding hydrogens is 548 g/mol. The number of imidazole rings is 1. The fourth-order valence-corrected chi connectivity index (χ4v) is 6.11. The highest BCUT2D eigenvalue weighted by atomic mass is 35.5. The van der Waals surface area contributed by atoms with Gasteiger partial charge in [-0.2, -0.15) is 9.97 Å². The van der Waals surface area contributed by atoms with E-state index >= 15 is 0 Å². The lowest BCUT2D eigenvalue weighted by molar-refractivity contribution is -0.0483. The largest absolute Gasteiger partial charge is 0.449 e. The zero-order valence-electron chi connectivity index (χ0n) is 18.9. The third-order valence-corrected chi connectivity index (χ3v) is 8.64. The lowest BCUT2D eigenvalue weighted by Crippen LogP contribution is -2.33. The number of hydrogen-bond acceptors (Lipinski definition) is 11. The maximum absolute atomic E-state index is 12.1. The molecule has 1 aliphatic heterocycles. The number of rotatable bonds is 11. The Balaban J connectivity index is 1.75. The van der Waals surface area contributed by atoms with Crippen LogP contribution in [-0.4, -0.2) is 87.9 Å². The maximum Gasteiger partial charge on any atom is 0.412 e. The number of hydrogen-bond donors (Lipinski definition) is 6. The van der Waals surface area contributed by atoms with Crippen molar-refractivity contribution in [1.29, 1.82) is 0 Å². The summed E-state index contributed by atoms with van der Waals surface area (Å²) in [6.45, 7) is 1.45. The van der Waals surface area contributed by atoms with Crippen molar-refractivity contribution in [2.45, 2.75) is 50.7 Å². The molecular formula is C17H26ClN5O11P2. The summed E-state index contributed by atoms with van der Waals surface area (Å²) in [5.41, 5.74) is 0.0832. The minimum Gasteiger partial charge on any atom is -0.449 e. The molecule has 0 saturated carbocycles. The number of unbranched alkanes of at least 4 members (excludes halogenated alkanes) is 2. The van der Waals surface area contributed by atoms with Gasteiger partial charge in [0.15, 0.2) is 29.1 Å². The van der Waals surface area contributed by atoms with Gasteiger partial charge < -0.3 is 38.9 Å². The Morgan fingerprint density at radius 1 is 1.22 bits per heavy atom. The number of carbonyl (C=O) groups excluding carboxylic acids is 1. The molecule has 0 radical (unpaired) electrons. The van der Waals surface area contributed by atoms with Crippen molar-refractivity contribution >= 4 is 49.9 Å². The number of nitrogens with zero attached hydrogens (tertiary/aromatic N) is 4. The molecule has 0 aliphatic carbocycles. The van der Waals surface area contributed by atoms with Crippen LogP contribution < -0.4 is 5.32 Å². The highest BCUT2D eigenvalue weighted by molar-refractivity contribution is 7.70. The molecule has 2 aromatic heterocycles. The quantitative estimate of drug-likeness (QED) is 0.126. The zero-order chi connectivity index (χ0) is 26.7. The summed E-state index contributed by atoms with van der Waals surface area (Å²) in [4.78, 5) is 51.6. The van der Waals surface area contributed by atoms with Gasteiger partial charge in [0, 0.05) is 0 Å². The lowest BCUT2D eigenvalue weighted by atomic mass is 10.1. The lowest BCUT2D eigenvalue weighted by Gasteiger charge is -2.18. The van der Waals surface area contributed by atoms with E-state index in [1.807, 2.05) is 6.92 Å². The topological polar surface area (TPSA) is 236 Å². The van der Waals surface area contributed by atoms with E-state index in [0.29, 0.717) is 6.42 Å². The summed E-state index contributed by atoms with van der Waals surface area (Å²) >= 11 is 5.98. The first kappa shape index (κ1) is 28.9. The average molecular weight is 574 g/mol. The number of amides is 1. The standard InChI is InChI=1S/C17H26ClN5O11P2/c1-2-3-4-5-32-17(26)21-13-10-14(22-16(18)20-13)23(7-19-10)15-12(25)11(24)9(34-15)6-33-36(30,31)8-35(27,28)29/h7,9,11-12,15,24-25H,2-6,8H2,1H3,(H,30,31)(H2,27,28,29)(H,20,21,22,26)/t9-,11?,12?,15-/m1/s1. The summed E-state index contributed by atoms with van der Waals surface area (Å²) in [6, 6.07) is 0. The van der Waals surface area contributed by atoms with Gasteiger partial charge in [-0.3, -0.25) is 19.0 Å². The van der Waals surface area contributed by atoms with Crippen LogP contribution in [0.1, 0.15) is 32.4 Å². The molecule has 19 heteroatoms. The number of fused-ring (bicyclic) bond motifs is 1. The molecule has 36 heavy (non-hydrogen) atoms. The van der Waals surface area contributed by atoms with Gasteiger partial charge in [0.1, 0.15) is 18.3 Å². The van der Waals surface area contributed by atoms with Gasteiger partial charge in [-0.1, -0.05) is 19.8 Å². The molecule has 3 rings (SSSR count). The molecule has 3 heterocycles. The SMILES string of the molecule is CCCCCOC(=O)Nc1nc(Cl)nc2c1ncn2[C@@H]1O[C@H](COP(=O)(O)CP(=O)(O)O)C(O)C1O. The Bertz CT molecular complexity index is 1180. The van der Waals surface area contributed by atoms with Crippen LogP contribution in [0.4, 0.5) is 10.6 Å². The summed E-state index contributed by atoms with van der Waals surface area (Å²) < 4.78 is 39.4. The second-order valence-corrected chi connectivity index (χ2v) is 12.3. The van der Waals surface area contributed by atoms with Crippen molar-refractivity contribution in [1.82, 2.24) is 19.5 Å². The van der Waals surface area contributed by atoms with Crippen molar-refractivity contribution < 1.29 is 52.8 Å². The Kier molecular flexibility index (Phi) is 9.44. The molecule has 1 aliphatic rings. The van der Waals surface area contributed by atoms with Gasteiger partial charge >= 0.3 is 21.3 Å². The maximum atomic E-state index is 12.1. The van der Waals surface area contributed by atoms with Gasteiger partial charge in [-0.05, 0) is 18.0 Å². The molecule has 2 aromatic rings. The Morgan fingerprint density at radius 3 is 2.61 bits per heavy atom. The number of halogens is 1. The van der Waals surface area contributed by atoms with Crippen LogP contribution in [-0.2, 0) is 23.1 Å². The molecule has 0 bridgehead atoms. The Labute approximate surface area is 209 Å². The smallest absolute Gasteiger partial charge is 0.412 e. The molecule has 1 fully saturated rings. The highest BCUT2D eigenvalue weighted by Crippen LogP contribution is 2.55. The van der Waals surface area contributed by atoms with Crippen LogP contribution in [0.15, 0.2) is 6.33 Å². The van der Waals surface area contributed by atoms with E-state index in [2.05, 4.69) is 24.8 Å². The van der Waals surface area contributed by atoms with Gasteiger partial charge in [0.05, 0.1) is 19.5 Å². The Hall–Kier alpha value is -1.71. The second kappa shape index (κ2) is 11.8. The van der Waals surface area contributed by atoms with Gasteiger partial charge in [0.25, 0.3) is 0 Å².